The monoisotopic (exact) mass is 385 g/mol. The van der Waals surface area contributed by atoms with Crippen molar-refractivity contribution in [3.05, 3.63) is 95.6 Å². The maximum absolute atomic E-state index is 9.34. The van der Waals surface area contributed by atoms with Crippen molar-refractivity contribution in [2.45, 2.75) is 32.2 Å². The molecule has 0 spiro atoms. The number of nitrogens with two attached hydrogens (primary N) is 1. The van der Waals surface area contributed by atoms with Crippen molar-refractivity contribution in [3.8, 4) is 11.5 Å². The smallest absolute Gasteiger partial charge is 0.115 e. The molecular formula is C23H28ClNO2. The maximum Gasteiger partial charge on any atom is 0.115 e. The molecule has 0 unspecified atom stereocenters. The van der Waals surface area contributed by atoms with Crippen molar-refractivity contribution >= 4 is 12.4 Å². The van der Waals surface area contributed by atoms with Crippen molar-refractivity contribution in [2.75, 3.05) is 0 Å². The standard InChI is InChI=1S/C16H18O2.C7H9N.ClH/c1-2-3-16(12-4-8-14(17)9-5-12)13-6-10-15(18)11-7-13;8-6-7-4-2-1-3-5-7;/h4-11,16-18H,2-3H2,1H3;1-5H,6,8H2;1H. The number of phenols is 2. The number of hydrogen-bond donors (Lipinski definition) is 3. The minimum atomic E-state index is 0. The third-order valence-corrected chi connectivity index (χ3v) is 4.25. The van der Waals surface area contributed by atoms with Crippen LogP contribution in [-0.2, 0) is 6.54 Å². The first-order chi connectivity index (χ1) is 12.6. The summed E-state index contributed by atoms with van der Waals surface area (Å²) in [7, 11) is 0. The third kappa shape index (κ3) is 7.33. The predicted octanol–water partition coefficient (Wildman–Crippen LogP) is 5.60. The summed E-state index contributed by atoms with van der Waals surface area (Å²) in [6.45, 7) is 2.80. The third-order valence-electron chi connectivity index (χ3n) is 4.25. The Morgan fingerprint density at radius 3 is 1.52 bits per heavy atom. The van der Waals surface area contributed by atoms with Crippen LogP contribution in [0.25, 0.3) is 0 Å². The molecule has 0 aliphatic rings. The van der Waals surface area contributed by atoms with E-state index in [0.29, 0.717) is 24.0 Å². The molecule has 0 amide bonds. The highest BCUT2D eigenvalue weighted by Gasteiger charge is 2.13. The Hall–Kier alpha value is -2.49. The normalized spacial score (nSPS) is 9.89. The molecule has 27 heavy (non-hydrogen) atoms. The van der Waals surface area contributed by atoms with E-state index < -0.39 is 0 Å². The summed E-state index contributed by atoms with van der Waals surface area (Å²) >= 11 is 0. The lowest BCUT2D eigenvalue weighted by molar-refractivity contribution is 0.475. The minimum Gasteiger partial charge on any atom is -0.508 e. The number of aromatic hydroxyl groups is 2. The van der Waals surface area contributed by atoms with Gasteiger partial charge in [0.25, 0.3) is 0 Å². The molecule has 3 aromatic carbocycles. The molecule has 3 aromatic rings. The molecule has 4 N–H and O–H groups in total. The topological polar surface area (TPSA) is 66.5 Å². The number of rotatable bonds is 5. The van der Waals surface area contributed by atoms with Gasteiger partial charge in [-0.2, -0.15) is 0 Å². The number of benzene rings is 3. The van der Waals surface area contributed by atoms with Crippen molar-refractivity contribution in [1.82, 2.24) is 0 Å². The molecule has 0 heterocycles. The lowest BCUT2D eigenvalue weighted by Gasteiger charge is -2.17. The Bertz CT molecular complexity index is 713. The van der Waals surface area contributed by atoms with Gasteiger partial charge in [0.1, 0.15) is 11.5 Å². The average molecular weight is 386 g/mol. The number of phenolic OH excluding ortho intramolecular Hbond substituents is 2. The first-order valence-corrected chi connectivity index (χ1v) is 8.96. The molecule has 144 valence electrons. The fourth-order valence-corrected chi connectivity index (χ4v) is 2.84. The van der Waals surface area contributed by atoms with Crippen LogP contribution in [-0.4, -0.2) is 10.2 Å². The van der Waals surface area contributed by atoms with Crippen LogP contribution < -0.4 is 5.73 Å². The van der Waals surface area contributed by atoms with E-state index in [0.717, 1.165) is 12.8 Å². The second-order valence-corrected chi connectivity index (χ2v) is 6.21. The van der Waals surface area contributed by atoms with E-state index in [2.05, 4.69) is 6.92 Å². The summed E-state index contributed by atoms with van der Waals surface area (Å²) in [5, 5.41) is 18.7. The quantitative estimate of drug-likeness (QED) is 0.535. The van der Waals surface area contributed by atoms with Crippen LogP contribution in [0.4, 0.5) is 0 Å². The molecule has 0 bridgehead atoms. The highest BCUT2D eigenvalue weighted by Crippen LogP contribution is 2.31. The van der Waals surface area contributed by atoms with E-state index >= 15 is 0 Å². The molecule has 0 aliphatic heterocycles. The minimum absolute atomic E-state index is 0. The lowest BCUT2D eigenvalue weighted by Crippen LogP contribution is -2.00. The van der Waals surface area contributed by atoms with Gasteiger partial charge in [0.15, 0.2) is 0 Å². The molecule has 0 fully saturated rings. The Balaban J connectivity index is 0.000000342. The van der Waals surface area contributed by atoms with Gasteiger partial charge in [0.05, 0.1) is 0 Å². The first-order valence-electron chi connectivity index (χ1n) is 8.96. The molecule has 0 atom stereocenters. The average Bonchev–Trinajstić information content (AvgIpc) is 2.69. The highest BCUT2D eigenvalue weighted by atomic mass is 35.5. The van der Waals surface area contributed by atoms with Crippen LogP contribution in [0.1, 0.15) is 42.4 Å². The predicted molar refractivity (Wildman–Crippen MR) is 115 cm³/mol. The number of hydrogen-bond acceptors (Lipinski definition) is 3. The molecule has 3 rings (SSSR count). The van der Waals surface area contributed by atoms with E-state index in [9.17, 15) is 10.2 Å². The fraction of sp³-hybridized carbons (Fsp3) is 0.217. The zero-order valence-corrected chi connectivity index (χ0v) is 16.4. The van der Waals surface area contributed by atoms with Gasteiger partial charge < -0.3 is 15.9 Å². The second-order valence-electron chi connectivity index (χ2n) is 6.21. The molecule has 3 nitrogen and oxygen atoms in total. The molecular weight excluding hydrogens is 358 g/mol. The molecule has 0 saturated carbocycles. The van der Waals surface area contributed by atoms with Gasteiger partial charge in [-0.25, -0.2) is 0 Å². The Morgan fingerprint density at radius 2 is 1.19 bits per heavy atom. The van der Waals surface area contributed by atoms with Gasteiger partial charge in [-0.3, -0.25) is 0 Å². The molecule has 4 heteroatoms. The Morgan fingerprint density at radius 1 is 0.741 bits per heavy atom. The van der Waals surface area contributed by atoms with Gasteiger partial charge in [-0.1, -0.05) is 67.9 Å². The number of halogens is 1. The van der Waals surface area contributed by atoms with Crippen LogP contribution in [0.3, 0.4) is 0 Å². The van der Waals surface area contributed by atoms with Crippen LogP contribution in [0.5, 0.6) is 11.5 Å². The van der Waals surface area contributed by atoms with Gasteiger partial charge in [0, 0.05) is 12.5 Å². The van der Waals surface area contributed by atoms with Crippen LogP contribution in [0.2, 0.25) is 0 Å². The van der Waals surface area contributed by atoms with Gasteiger partial charge in [-0.15, -0.1) is 12.4 Å². The van der Waals surface area contributed by atoms with Gasteiger partial charge in [-0.05, 0) is 47.4 Å². The van der Waals surface area contributed by atoms with E-state index in [1.54, 1.807) is 24.3 Å². The highest BCUT2D eigenvalue weighted by molar-refractivity contribution is 5.85. The maximum atomic E-state index is 9.34. The van der Waals surface area contributed by atoms with E-state index in [1.807, 2.05) is 54.6 Å². The fourth-order valence-electron chi connectivity index (χ4n) is 2.84. The largest absolute Gasteiger partial charge is 0.508 e. The van der Waals surface area contributed by atoms with Gasteiger partial charge in [0.2, 0.25) is 0 Å². The molecule has 0 aliphatic carbocycles. The Kier molecular flexibility index (Phi) is 10.0. The van der Waals surface area contributed by atoms with E-state index in [4.69, 9.17) is 5.73 Å². The van der Waals surface area contributed by atoms with Crippen LogP contribution in [0.15, 0.2) is 78.9 Å². The van der Waals surface area contributed by atoms with Gasteiger partial charge >= 0.3 is 0 Å². The molecule has 0 aromatic heterocycles. The SMILES string of the molecule is CCCC(c1ccc(O)cc1)c1ccc(O)cc1.Cl.NCc1ccccc1. The zero-order valence-electron chi connectivity index (χ0n) is 15.6. The lowest BCUT2D eigenvalue weighted by atomic mass is 9.87. The first kappa shape index (κ1) is 22.6. The van der Waals surface area contributed by atoms with Crippen molar-refractivity contribution in [3.63, 3.8) is 0 Å². The zero-order chi connectivity index (χ0) is 18.8. The second kappa shape index (κ2) is 12.0. The summed E-state index contributed by atoms with van der Waals surface area (Å²) in [5.41, 5.74) is 8.93. The Labute approximate surface area is 167 Å². The molecule has 0 saturated heterocycles. The van der Waals surface area contributed by atoms with Crippen molar-refractivity contribution in [1.29, 1.82) is 0 Å². The summed E-state index contributed by atoms with van der Waals surface area (Å²) in [5.74, 6) is 0.899. The van der Waals surface area contributed by atoms with E-state index in [1.165, 1.54) is 16.7 Å². The van der Waals surface area contributed by atoms with Crippen LogP contribution in [0, 0.1) is 0 Å². The van der Waals surface area contributed by atoms with E-state index in [-0.39, 0.29) is 12.4 Å². The van der Waals surface area contributed by atoms with Crippen molar-refractivity contribution < 1.29 is 10.2 Å². The summed E-state index contributed by atoms with van der Waals surface area (Å²) in [4.78, 5) is 0. The molecule has 0 radical (unpaired) electrons. The van der Waals surface area contributed by atoms with Crippen molar-refractivity contribution in [2.24, 2.45) is 5.73 Å². The summed E-state index contributed by atoms with van der Waals surface area (Å²) in [6, 6.07) is 24.7. The van der Waals surface area contributed by atoms with Crippen LogP contribution >= 0.6 is 12.4 Å². The summed E-state index contributed by atoms with van der Waals surface area (Å²) < 4.78 is 0. The summed E-state index contributed by atoms with van der Waals surface area (Å²) in [6.07, 6.45) is 2.14.